The Kier molecular flexibility index (Phi) is 4.23. The Balaban J connectivity index is 1.73. The Bertz CT molecular complexity index is 745. The molecule has 0 atom stereocenters. The van der Waals surface area contributed by atoms with Crippen LogP contribution in [0.25, 0.3) is 0 Å². The molecule has 3 rings (SSSR count). The van der Waals surface area contributed by atoms with E-state index in [1.165, 1.54) is 11.8 Å². The van der Waals surface area contributed by atoms with Crippen LogP contribution in [0, 0.1) is 0 Å². The van der Waals surface area contributed by atoms with E-state index in [1.807, 2.05) is 18.2 Å². The first-order chi connectivity index (χ1) is 11.2. The third-order valence-corrected chi connectivity index (χ3v) is 3.93. The van der Waals surface area contributed by atoms with E-state index in [1.54, 1.807) is 17.2 Å². The van der Waals surface area contributed by atoms with Gasteiger partial charge in [0.2, 0.25) is 5.91 Å². The Morgan fingerprint density at radius 1 is 1.26 bits per heavy atom. The molecule has 2 heterocycles. The second-order valence-electron chi connectivity index (χ2n) is 5.42. The molecule has 0 spiro atoms. The molecule has 3 N–H and O–H groups in total. The van der Waals surface area contributed by atoms with Crippen molar-refractivity contribution in [1.82, 2.24) is 4.98 Å². The molecule has 1 aliphatic rings. The van der Waals surface area contributed by atoms with Gasteiger partial charge in [-0.25, -0.2) is 0 Å². The van der Waals surface area contributed by atoms with Crippen LogP contribution in [0.5, 0.6) is 0 Å². The molecule has 0 fully saturated rings. The number of anilines is 2. The highest BCUT2D eigenvalue weighted by Gasteiger charge is 2.22. The van der Waals surface area contributed by atoms with Crippen molar-refractivity contribution in [2.45, 2.75) is 12.8 Å². The molecule has 0 saturated heterocycles. The van der Waals surface area contributed by atoms with Gasteiger partial charge in [0.05, 0.1) is 17.8 Å². The highest BCUT2D eigenvalue weighted by molar-refractivity contribution is 6.00. The minimum absolute atomic E-state index is 0.0376. The number of carbonyl (C=O) groups excluding carboxylic acids is 2. The summed E-state index contributed by atoms with van der Waals surface area (Å²) in [6.45, 7) is 0.801. The number of rotatable bonds is 4. The first kappa shape index (κ1) is 15.0. The van der Waals surface area contributed by atoms with Crippen LogP contribution in [0.2, 0.25) is 0 Å². The molecular formula is C17H18N4O2. The molecule has 0 aliphatic carbocycles. The number of hydrogen-bond acceptors (Lipinski definition) is 4. The zero-order chi connectivity index (χ0) is 16.2. The monoisotopic (exact) mass is 310 g/mol. The van der Waals surface area contributed by atoms with Crippen LogP contribution in [0.4, 0.5) is 11.4 Å². The van der Waals surface area contributed by atoms with Crippen LogP contribution < -0.4 is 16.0 Å². The quantitative estimate of drug-likeness (QED) is 0.897. The van der Waals surface area contributed by atoms with Crippen molar-refractivity contribution >= 4 is 23.2 Å². The molecule has 0 unspecified atom stereocenters. The Morgan fingerprint density at radius 2 is 2.09 bits per heavy atom. The van der Waals surface area contributed by atoms with Crippen LogP contribution in [-0.4, -0.2) is 29.9 Å². The number of hydrogen-bond donors (Lipinski definition) is 2. The predicted octanol–water partition coefficient (Wildman–Crippen LogP) is 1.57. The summed E-state index contributed by atoms with van der Waals surface area (Å²) in [7, 11) is 0. The van der Waals surface area contributed by atoms with E-state index in [4.69, 9.17) is 5.73 Å². The third-order valence-electron chi connectivity index (χ3n) is 3.93. The van der Waals surface area contributed by atoms with E-state index in [-0.39, 0.29) is 18.0 Å². The summed E-state index contributed by atoms with van der Waals surface area (Å²) >= 11 is 0. The largest absolute Gasteiger partial charge is 0.375 e. The molecule has 2 amide bonds. The smallest absolute Gasteiger partial charge is 0.252 e. The SMILES string of the molecule is NC(=O)c1cnccc1NCC(=O)N1CCCc2ccccc21. The van der Waals surface area contributed by atoms with Crippen molar-refractivity contribution in [3.63, 3.8) is 0 Å². The van der Waals surface area contributed by atoms with Gasteiger partial charge in [0, 0.05) is 24.6 Å². The van der Waals surface area contributed by atoms with Gasteiger partial charge in [0.25, 0.3) is 5.91 Å². The number of aromatic nitrogens is 1. The molecule has 23 heavy (non-hydrogen) atoms. The minimum atomic E-state index is -0.573. The van der Waals surface area contributed by atoms with Gasteiger partial charge >= 0.3 is 0 Å². The van der Waals surface area contributed by atoms with Crippen LogP contribution in [0.3, 0.4) is 0 Å². The van der Waals surface area contributed by atoms with Crippen molar-refractivity contribution in [1.29, 1.82) is 0 Å². The lowest BCUT2D eigenvalue weighted by Gasteiger charge is -2.29. The van der Waals surface area contributed by atoms with Crippen LogP contribution in [0.15, 0.2) is 42.7 Å². The number of nitrogens with two attached hydrogens (primary N) is 1. The predicted molar refractivity (Wildman–Crippen MR) is 88.4 cm³/mol. The normalized spacial score (nSPS) is 13.3. The molecule has 6 heteroatoms. The maximum Gasteiger partial charge on any atom is 0.252 e. The van der Waals surface area contributed by atoms with Crippen molar-refractivity contribution in [2.75, 3.05) is 23.3 Å². The summed E-state index contributed by atoms with van der Waals surface area (Å²) < 4.78 is 0. The number of aryl methyl sites for hydroxylation is 1. The second kappa shape index (κ2) is 6.48. The number of para-hydroxylation sites is 1. The van der Waals surface area contributed by atoms with Crippen LogP contribution in [0.1, 0.15) is 22.3 Å². The van der Waals surface area contributed by atoms with Gasteiger partial charge in [0.1, 0.15) is 0 Å². The molecule has 0 bridgehead atoms. The standard InChI is InChI=1S/C17H18N4O2/c18-17(23)13-10-19-8-7-14(13)20-11-16(22)21-9-3-5-12-4-1-2-6-15(12)21/h1-2,4,6-8,10H,3,5,9,11H2,(H2,18,23)(H,19,20). The maximum atomic E-state index is 12.5. The molecule has 1 aliphatic heterocycles. The molecule has 6 nitrogen and oxygen atoms in total. The minimum Gasteiger partial charge on any atom is -0.375 e. The van der Waals surface area contributed by atoms with Crippen LogP contribution >= 0.6 is 0 Å². The van der Waals surface area contributed by atoms with E-state index in [0.717, 1.165) is 18.5 Å². The lowest BCUT2D eigenvalue weighted by atomic mass is 10.0. The second-order valence-corrected chi connectivity index (χ2v) is 5.42. The summed E-state index contributed by atoms with van der Waals surface area (Å²) in [5.41, 5.74) is 8.27. The molecule has 1 aromatic carbocycles. The summed E-state index contributed by atoms with van der Waals surface area (Å²) in [4.78, 5) is 29.6. The number of nitrogens with zero attached hydrogens (tertiary/aromatic N) is 2. The molecule has 118 valence electrons. The third kappa shape index (κ3) is 3.15. The van der Waals surface area contributed by atoms with E-state index >= 15 is 0 Å². The first-order valence-corrected chi connectivity index (χ1v) is 7.53. The van der Waals surface area contributed by atoms with Gasteiger partial charge in [-0.05, 0) is 30.5 Å². The van der Waals surface area contributed by atoms with Gasteiger partial charge < -0.3 is 16.0 Å². The average molecular weight is 310 g/mol. The fourth-order valence-corrected chi connectivity index (χ4v) is 2.80. The number of amides is 2. The van der Waals surface area contributed by atoms with Gasteiger partial charge in [-0.2, -0.15) is 0 Å². The van der Waals surface area contributed by atoms with Gasteiger partial charge in [0.15, 0.2) is 0 Å². The fraction of sp³-hybridized carbons (Fsp3) is 0.235. The lowest BCUT2D eigenvalue weighted by molar-refractivity contribution is -0.117. The number of fused-ring (bicyclic) bond motifs is 1. The fourth-order valence-electron chi connectivity index (χ4n) is 2.80. The van der Waals surface area contributed by atoms with Crippen molar-refractivity contribution in [3.05, 3.63) is 53.9 Å². The van der Waals surface area contributed by atoms with E-state index < -0.39 is 5.91 Å². The van der Waals surface area contributed by atoms with E-state index in [0.29, 0.717) is 12.2 Å². The van der Waals surface area contributed by atoms with E-state index in [9.17, 15) is 9.59 Å². The van der Waals surface area contributed by atoms with Crippen molar-refractivity contribution in [3.8, 4) is 0 Å². The van der Waals surface area contributed by atoms with Crippen LogP contribution in [-0.2, 0) is 11.2 Å². The maximum absolute atomic E-state index is 12.5. The zero-order valence-corrected chi connectivity index (χ0v) is 12.7. The van der Waals surface area contributed by atoms with E-state index in [2.05, 4.69) is 16.4 Å². The number of primary amides is 1. The van der Waals surface area contributed by atoms with Crippen molar-refractivity contribution in [2.24, 2.45) is 5.73 Å². The molecular weight excluding hydrogens is 292 g/mol. The lowest BCUT2D eigenvalue weighted by Crippen LogP contribution is -2.39. The van der Waals surface area contributed by atoms with Gasteiger partial charge in [-0.1, -0.05) is 18.2 Å². The number of benzene rings is 1. The summed E-state index contributed by atoms with van der Waals surface area (Å²) in [5, 5.41) is 2.99. The topological polar surface area (TPSA) is 88.3 Å². The van der Waals surface area contributed by atoms with Crippen molar-refractivity contribution < 1.29 is 9.59 Å². The molecule has 2 aromatic rings. The highest BCUT2D eigenvalue weighted by Crippen LogP contribution is 2.26. The first-order valence-electron chi connectivity index (χ1n) is 7.53. The number of carbonyl (C=O) groups is 2. The highest BCUT2D eigenvalue weighted by atomic mass is 16.2. The Hall–Kier alpha value is -2.89. The summed E-state index contributed by atoms with van der Waals surface area (Å²) in [6.07, 6.45) is 4.88. The molecule has 1 aromatic heterocycles. The number of pyridine rings is 1. The Labute approximate surface area is 134 Å². The molecule has 0 radical (unpaired) electrons. The zero-order valence-electron chi connectivity index (χ0n) is 12.7. The average Bonchev–Trinajstić information content (AvgIpc) is 2.59. The van der Waals surface area contributed by atoms with Gasteiger partial charge in [-0.3, -0.25) is 14.6 Å². The number of nitrogens with one attached hydrogen (secondary N) is 1. The summed E-state index contributed by atoms with van der Waals surface area (Å²) in [5.74, 6) is -0.610. The Morgan fingerprint density at radius 3 is 2.91 bits per heavy atom. The summed E-state index contributed by atoms with van der Waals surface area (Å²) in [6, 6.07) is 9.58. The van der Waals surface area contributed by atoms with Gasteiger partial charge in [-0.15, -0.1) is 0 Å². The molecule has 0 saturated carbocycles.